The molecule has 1 aromatic heterocycles. The third-order valence-electron chi connectivity index (χ3n) is 1.70. The number of hydrogen-bond acceptors (Lipinski definition) is 2. The van der Waals surface area contributed by atoms with E-state index in [1.165, 1.54) is 11.1 Å². The maximum Gasteiger partial charge on any atom is 0.0841 e. The van der Waals surface area contributed by atoms with Gasteiger partial charge in [0.1, 0.15) is 0 Å². The van der Waals surface area contributed by atoms with Crippen LogP contribution < -0.4 is 0 Å². The monoisotopic (exact) mass is 148 g/mol. The molecule has 0 aliphatic rings. The van der Waals surface area contributed by atoms with Gasteiger partial charge in [-0.1, -0.05) is 5.57 Å². The Balaban J connectivity index is 3.04. The third-order valence-corrected chi connectivity index (χ3v) is 1.70. The van der Waals surface area contributed by atoms with E-state index in [4.69, 9.17) is 0 Å². The van der Waals surface area contributed by atoms with E-state index in [-0.39, 0.29) is 0 Å². The third kappa shape index (κ3) is 1.87. The molecular formula is C9H12N2. The van der Waals surface area contributed by atoms with Gasteiger partial charge in [0, 0.05) is 12.4 Å². The maximum atomic E-state index is 4.18. The Kier molecular flexibility index (Phi) is 2.36. The largest absolute Gasteiger partial charge is 0.261 e. The number of allylic oxidation sites excluding steroid dienone is 2. The van der Waals surface area contributed by atoms with Gasteiger partial charge in [-0.3, -0.25) is 9.97 Å². The van der Waals surface area contributed by atoms with Crippen molar-refractivity contribution < 1.29 is 0 Å². The van der Waals surface area contributed by atoms with Crippen LogP contribution in [0.15, 0.2) is 24.2 Å². The molecule has 0 aromatic carbocycles. The van der Waals surface area contributed by atoms with Crippen molar-refractivity contribution in [2.75, 3.05) is 0 Å². The second-order valence-corrected chi connectivity index (χ2v) is 2.72. The van der Waals surface area contributed by atoms with Crippen LogP contribution in [0.25, 0.3) is 5.57 Å². The first-order valence-corrected chi connectivity index (χ1v) is 3.62. The smallest absolute Gasteiger partial charge is 0.0841 e. The summed E-state index contributed by atoms with van der Waals surface area (Å²) in [7, 11) is 0. The van der Waals surface area contributed by atoms with Crippen molar-refractivity contribution in [1.82, 2.24) is 9.97 Å². The van der Waals surface area contributed by atoms with Gasteiger partial charge in [-0.25, -0.2) is 0 Å². The first-order valence-electron chi connectivity index (χ1n) is 3.62. The highest BCUT2D eigenvalue weighted by Crippen LogP contribution is 2.12. The van der Waals surface area contributed by atoms with E-state index in [1.54, 1.807) is 18.6 Å². The Labute approximate surface area is 67.0 Å². The van der Waals surface area contributed by atoms with E-state index in [2.05, 4.69) is 30.7 Å². The van der Waals surface area contributed by atoms with Crippen molar-refractivity contribution in [2.24, 2.45) is 0 Å². The molecule has 0 fully saturated rings. The normalized spacial score (nSPS) is 9.36. The van der Waals surface area contributed by atoms with Crippen molar-refractivity contribution in [3.8, 4) is 0 Å². The lowest BCUT2D eigenvalue weighted by atomic mass is 10.1. The van der Waals surface area contributed by atoms with Crippen LogP contribution in [0.4, 0.5) is 0 Å². The summed E-state index contributed by atoms with van der Waals surface area (Å²) in [5.74, 6) is 0. The average molecular weight is 148 g/mol. The standard InChI is InChI=1S/C9H12N2/c1-7(2)8(3)9-6-10-4-5-11-9/h4-6H,1-3H3. The molecule has 1 aromatic rings. The fourth-order valence-corrected chi connectivity index (χ4v) is 0.749. The summed E-state index contributed by atoms with van der Waals surface area (Å²) in [6.45, 7) is 6.20. The Morgan fingerprint density at radius 1 is 1.18 bits per heavy atom. The lowest BCUT2D eigenvalue weighted by Gasteiger charge is -2.00. The Hall–Kier alpha value is -1.18. The predicted octanol–water partition coefficient (Wildman–Crippen LogP) is 2.29. The van der Waals surface area contributed by atoms with Crippen LogP contribution in [0.2, 0.25) is 0 Å². The minimum atomic E-state index is 0.965. The first kappa shape index (κ1) is 7.92. The van der Waals surface area contributed by atoms with Gasteiger partial charge in [0.15, 0.2) is 0 Å². The number of aromatic nitrogens is 2. The summed E-state index contributed by atoms with van der Waals surface area (Å²) in [6.07, 6.45) is 5.17. The van der Waals surface area contributed by atoms with Crippen LogP contribution in [-0.2, 0) is 0 Å². The fourth-order valence-electron chi connectivity index (χ4n) is 0.749. The zero-order chi connectivity index (χ0) is 8.27. The van der Waals surface area contributed by atoms with Crippen molar-refractivity contribution >= 4 is 5.57 Å². The number of rotatable bonds is 1. The lowest BCUT2D eigenvalue weighted by molar-refractivity contribution is 1.15. The molecule has 0 radical (unpaired) electrons. The molecule has 2 nitrogen and oxygen atoms in total. The Morgan fingerprint density at radius 2 is 1.91 bits per heavy atom. The second-order valence-electron chi connectivity index (χ2n) is 2.72. The molecule has 2 heteroatoms. The molecule has 0 N–H and O–H groups in total. The van der Waals surface area contributed by atoms with E-state index in [9.17, 15) is 0 Å². The Bertz CT molecular complexity index is 258. The molecule has 1 rings (SSSR count). The zero-order valence-corrected chi connectivity index (χ0v) is 7.13. The summed E-state index contributed by atoms with van der Waals surface area (Å²) in [5.41, 5.74) is 3.45. The van der Waals surface area contributed by atoms with E-state index in [1.807, 2.05) is 0 Å². The fraction of sp³-hybridized carbons (Fsp3) is 0.333. The highest BCUT2D eigenvalue weighted by Gasteiger charge is 1.96. The topological polar surface area (TPSA) is 25.8 Å². The predicted molar refractivity (Wildman–Crippen MR) is 46.0 cm³/mol. The summed E-state index contributed by atoms with van der Waals surface area (Å²) in [5, 5.41) is 0. The van der Waals surface area contributed by atoms with Crippen LogP contribution in [0.5, 0.6) is 0 Å². The highest BCUT2D eigenvalue weighted by atomic mass is 14.8. The van der Waals surface area contributed by atoms with Gasteiger partial charge in [0.05, 0.1) is 11.9 Å². The van der Waals surface area contributed by atoms with Crippen LogP contribution in [0.1, 0.15) is 26.5 Å². The van der Waals surface area contributed by atoms with E-state index >= 15 is 0 Å². The molecule has 0 saturated carbocycles. The van der Waals surface area contributed by atoms with Crippen molar-refractivity contribution in [1.29, 1.82) is 0 Å². The molecule has 0 spiro atoms. The van der Waals surface area contributed by atoms with E-state index < -0.39 is 0 Å². The molecule has 0 atom stereocenters. The molecule has 0 saturated heterocycles. The van der Waals surface area contributed by atoms with Crippen LogP contribution >= 0.6 is 0 Å². The molecule has 58 valence electrons. The molecule has 0 aliphatic carbocycles. The summed E-state index contributed by atoms with van der Waals surface area (Å²) in [4.78, 5) is 8.17. The highest BCUT2D eigenvalue weighted by molar-refractivity contribution is 5.62. The van der Waals surface area contributed by atoms with Crippen molar-refractivity contribution in [2.45, 2.75) is 20.8 Å². The molecular weight excluding hydrogens is 136 g/mol. The minimum Gasteiger partial charge on any atom is -0.261 e. The van der Waals surface area contributed by atoms with Gasteiger partial charge >= 0.3 is 0 Å². The molecule has 0 bridgehead atoms. The van der Waals surface area contributed by atoms with Crippen LogP contribution in [-0.4, -0.2) is 9.97 Å². The lowest BCUT2D eigenvalue weighted by Crippen LogP contribution is -1.87. The quantitative estimate of drug-likeness (QED) is 0.610. The van der Waals surface area contributed by atoms with Gasteiger partial charge in [0.2, 0.25) is 0 Å². The number of nitrogens with zero attached hydrogens (tertiary/aromatic N) is 2. The average Bonchev–Trinajstić information content (AvgIpc) is 2.05. The first-order chi connectivity index (χ1) is 5.22. The molecule has 0 unspecified atom stereocenters. The summed E-state index contributed by atoms with van der Waals surface area (Å²) < 4.78 is 0. The van der Waals surface area contributed by atoms with Gasteiger partial charge < -0.3 is 0 Å². The van der Waals surface area contributed by atoms with Gasteiger partial charge in [-0.15, -0.1) is 0 Å². The molecule has 0 aliphatic heterocycles. The second kappa shape index (κ2) is 3.28. The summed E-state index contributed by atoms with van der Waals surface area (Å²) >= 11 is 0. The number of hydrogen-bond donors (Lipinski definition) is 0. The summed E-state index contributed by atoms with van der Waals surface area (Å²) in [6, 6.07) is 0. The molecule has 0 amide bonds. The van der Waals surface area contributed by atoms with E-state index in [0.717, 1.165) is 5.69 Å². The molecule has 11 heavy (non-hydrogen) atoms. The Morgan fingerprint density at radius 3 is 2.36 bits per heavy atom. The zero-order valence-electron chi connectivity index (χ0n) is 7.13. The van der Waals surface area contributed by atoms with Crippen molar-refractivity contribution in [3.63, 3.8) is 0 Å². The van der Waals surface area contributed by atoms with Crippen LogP contribution in [0, 0.1) is 0 Å². The SMILES string of the molecule is CC(C)=C(C)c1cnccn1. The minimum absolute atomic E-state index is 0.965. The molecule has 1 heterocycles. The van der Waals surface area contributed by atoms with Gasteiger partial charge in [-0.2, -0.15) is 0 Å². The maximum absolute atomic E-state index is 4.18. The van der Waals surface area contributed by atoms with Gasteiger partial charge in [-0.05, 0) is 26.3 Å². The van der Waals surface area contributed by atoms with Crippen molar-refractivity contribution in [3.05, 3.63) is 29.9 Å². The van der Waals surface area contributed by atoms with E-state index in [0.29, 0.717) is 0 Å². The van der Waals surface area contributed by atoms with Crippen LogP contribution in [0.3, 0.4) is 0 Å². The van der Waals surface area contributed by atoms with Gasteiger partial charge in [0.25, 0.3) is 0 Å².